The summed E-state index contributed by atoms with van der Waals surface area (Å²) in [4.78, 5) is 10.8. The van der Waals surface area contributed by atoms with E-state index in [0.717, 1.165) is 12.1 Å². The monoisotopic (exact) mass is 266 g/mol. The van der Waals surface area contributed by atoms with Crippen LogP contribution in [-0.4, -0.2) is 10.5 Å². The first-order valence-corrected chi connectivity index (χ1v) is 5.42. The van der Waals surface area contributed by atoms with Crippen LogP contribution in [0.3, 0.4) is 0 Å². The highest BCUT2D eigenvalue weighted by Gasteiger charge is 2.03. The van der Waals surface area contributed by atoms with E-state index in [1.165, 1.54) is 6.92 Å². The van der Waals surface area contributed by atoms with Gasteiger partial charge in [-0.25, -0.2) is 9.13 Å². The van der Waals surface area contributed by atoms with E-state index in [2.05, 4.69) is 4.57 Å². The molecule has 2 rings (SSSR count). The van der Waals surface area contributed by atoms with Crippen molar-refractivity contribution in [3.05, 3.63) is 48.5 Å². The summed E-state index contributed by atoms with van der Waals surface area (Å²) in [7, 11) is 1.99. The van der Waals surface area contributed by atoms with Gasteiger partial charge in [-0.2, -0.15) is 0 Å². The maximum atomic E-state index is 10.8. The van der Waals surface area contributed by atoms with Crippen LogP contribution >= 0.6 is 0 Å². The Balaban J connectivity index is 0.00000162. The van der Waals surface area contributed by atoms with E-state index < -0.39 is 0 Å². The molecule has 4 nitrogen and oxygen atoms in total. The van der Waals surface area contributed by atoms with Gasteiger partial charge >= 0.3 is 5.97 Å². The highest BCUT2D eigenvalue weighted by molar-refractivity contribution is 5.69. The molecule has 0 spiro atoms. The molecule has 0 atom stereocenters. The van der Waals surface area contributed by atoms with Gasteiger partial charge in [0.1, 0.15) is 24.7 Å². The number of hydrogen-bond acceptors (Lipinski definition) is 2. The molecule has 96 valence electrons. The summed E-state index contributed by atoms with van der Waals surface area (Å²) in [5.74, 6) is 0.287. The van der Waals surface area contributed by atoms with E-state index in [-0.39, 0.29) is 18.4 Å². The molecular formula is C13H15ClN2O2. The van der Waals surface area contributed by atoms with Crippen LogP contribution in [0.4, 0.5) is 0 Å². The molecule has 0 aliphatic carbocycles. The molecule has 18 heavy (non-hydrogen) atoms. The van der Waals surface area contributed by atoms with Gasteiger partial charge in [-0.3, -0.25) is 4.79 Å². The van der Waals surface area contributed by atoms with Crippen LogP contribution < -0.4 is 21.7 Å². The third-order valence-electron chi connectivity index (χ3n) is 2.37. The summed E-state index contributed by atoms with van der Waals surface area (Å²) in [5, 5.41) is 0. The first kappa shape index (κ1) is 14.3. The van der Waals surface area contributed by atoms with Crippen molar-refractivity contribution in [2.45, 2.75) is 13.5 Å². The predicted octanol–water partition coefficient (Wildman–Crippen LogP) is -1.71. The molecule has 0 saturated heterocycles. The SMILES string of the molecule is CC(=O)Oc1ccc(Cn2cc[n+](C)c2)cc1.[Cl-]. The molecule has 0 saturated carbocycles. The van der Waals surface area contributed by atoms with Gasteiger partial charge in [-0.05, 0) is 17.7 Å². The van der Waals surface area contributed by atoms with Gasteiger partial charge in [0.15, 0.2) is 0 Å². The summed E-state index contributed by atoms with van der Waals surface area (Å²) < 4.78 is 9.05. The van der Waals surface area contributed by atoms with Crippen molar-refractivity contribution in [3.8, 4) is 5.75 Å². The molecular weight excluding hydrogens is 252 g/mol. The molecule has 1 aromatic heterocycles. The second-order valence-electron chi connectivity index (χ2n) is 3.99. The number of aromatic nitrogens is 2. The first-order valence-electron chi connectivity index (χ1n) is 5.42. The van der Waals surface area contributed by atoms with Crippen LogP contribution in [0, 0.1) is 0 Å². The highest BCUT2D eigenvalue weighted by atomic mass is 35.5. The Kier molecular flexibility index (Phi) is 4.92. The standard InChI is InChI=1S/C13H15N2O2.ClH/c1-11(16)17-13-5-3-12(4-6-13)9-15-8-7-14(2)10-15;/h3-8,10H,9H2,1-2H3;1H/q+1;/p-1. The molecule has 2 aromatic rings. The van der Waals surface area contributed by atoms with E-state index in [0.29, 0.717) is 5.75 Å². The number of esters is 1. The fraction of sp³-hybridized carbons (Fsp3) is 0.231. The topological polar surface area (TPSA) is 35.1 Å². The maximum absolute atomic E-state index is 10.8. The number of rotatable bonds is 3. The second-order valence-corrected chi connectivity index (χ2v) is 3.99. The fourth-order valence-corrected chi connectivity index (χ4v) is 1.63. The molecule has 0 amide bonds. The van der Waals surface area contributed by atoms with Crippen LogP contribution in [0.5, 0.6) is 5.75 Å². The predicted molar refractivity (Wildman–Crippen MR) is 62.5 cm³/mol. The minimum absolute atomic E-state index is 0. The second kappa shape index (κ2) is 6.21. The van der Waals surface area contributed by atoms with Crippen molar-refractivity contribution < 1.29 is 26.5 Å². The lowest BCUT2D eigenvalue weighted by Gasteiger charge is -2.02. The highest BCUT2D eigenvalue weighted by Crippen LogP contribution is 2.13. The van der Waals surface area contributed by atoms with Crippen LogP contribution in [0.25, 0.3) is 0 Å². The summed E-state index contributed by atoms with van der Waals surface area (Å²) in [6.07, 6.45) is 6.02. The van der Waals surface area contributed by atoms with E-state index in [1.807, 2.05) is 42.5 Å². The summed E-state index contributed by atoms with van der Waals surface area (Å²) in [5.41, 5.74) is 1.16. The third-order valence-corrected chi connectivity index (χ3v) is 2.37. The number of aryl methyl sites for hydroxylation is 1. The van der Waals surface area contributed by atoms with E-state index in [1.54, 1.807) is 12.1 Å². The number of imidazole rings is 1. The number of carbonyl (C=O) groups is 1. The summed E-state index contributed by atoms with van der Waals surface area (Å²) in [6.45, 7) is 2.20. The molecule has 0 fully saturated rings. The van der Waals surface area contributed by atoms with E-state index >= 15 is 0 Å². The van der Waals surface area contributed by atoms with Crippen LogP contribution in [0.2, 0.25) is 0 Å². The largest absolute Gasteiger partial charge is 1.00 e. The Morgan fingerprint density at radius 3 is 2.50 bits per heavy atom. The van der Waals surface area contributed by atoms with Crippen molar-refractivity contribution in [3.63, 3.8) is 0 Å². The van der Waals surface area contributed by atoms with E-state index in [4.69, 9.17) is 4.74 Å². The Labute approximate surface area is 112 Å². The number of benzene rings is 1. The van der Waals surface area contributed by atoms with Gasteiger partial charge in [-0.1, -0.05) is 12.1 Å². The van der Waals surface area contributed by atoms with E-state index in [9.17, 15) is 4.79 Å². The Morgan fingerprint density at radius 2 is 2.00 bits per heavy atom. The Bertz CT molecular complexity index is 520. The van der Waals surface area contributed by atoms with Crippen molar-refractivity contribution in [1.29, 1.82) is 0 Å². The van der Waals surface area contributed by atoms with Gasteiger partial charge in [0.2, 0.25) is 6.33 Å². The minimum Gasteiger partial charge on any atom is -1.00 e. The maximum Gasteiger partial charge on any atom is 0.308 e. The number of carbonyl (C=O) groups excluding carboxylic acids is 1. The van der Waals surface area contributed by atoms with Gasteiger partial charge in [0.05, 0.1) is 7.05 Å². The smallest absolute Gasteiger partial charge is 0.308 e. The van der Waals surface area contributed by atoms with Crippen LogP contribution in [0.15, 0.2) is 43.0 Å². The van der Waals surface area contributed by atoms with Gasteiger partial charge in [0.25, 0.3) is 0 Å². The Morgan fingerprint density at radius 1 is 1.33 bits per heavy atom. The van der Waals surface area contributed by atoms with Crippen molar-refractivity contribution in [2.75, 3.05) is 0 Å². The number of nitrogens with zero attached hydrogens (tertiary/aromatic N) is 2. The van der Waals surface area contributed by atoms with Crippen LogP contribution in [-0.2, 0) is 18.4 Å². The summed E-state index contributed by atoms with van der Waals surface area (Å²) in [6, 6.07) is 7.52. The lowest BCUT2D eigenvalue weighted by Crippen LogP contribution is -3.00. The lowest BCUT2D eigenvalue weighted by molar-refractivity contribution is -0.671. The first-order chi connectivity index (χ1) is 8.13. The summed E-state index contributed by atoms with van der Waals surface area (Å²) >= 11 is 0. The molecule has 1 aromatic carbocycles. The third kappa shape index (κ3) is 3.89. The number of ether oxygens (including phenoxy) is 1. The zero-order chi connectivity index (χ0) is 12.3. The molecule has 0 N–H and O–H groups in total. The molecule has 0 radical (unpaired) electrons. The molecule has 0 bridgehead atoms. The van der Waals surface area contributed by atoms with Crippen LogP contribution in [0.1, 0.15) is 12.5 Å². The zero-order valence-corrected chi connectivity index (χ0v) is 11.1. The van der Waals surface area contributed by atoms with Crippen molar-refractivity contribution in [1.82, 2.24) is 4.57 Å². The average Bonchev–Trinajstić information content (AvgIpc) is 2.66. The quantitative estimate of drug-likeness (QED) is 0.377. The number of halogens is 1. The molecule has 5 heteroatoms. The van der Waals surface area contributed by atoms with Gasteiger partial charge < -0.3 is 17.1 Å². The molecule has 0 aliphatic heterocycles. The fourth-order valence-electron chi connectivity index (χ4n) is 1.63. The molecule has 1 heterocycles. The normalized spacial score (nSPS) is 9.67. The molecule has 0 unspecified atom stereocenters. The number of hydrogen-bond donors (Lipinski definition) is 0. The van der Waals surface area contributed by atoms with Crippen molar-refractivity contribution >= 4 is 5.97 Å². The lowest BCUT2D eigenvalue weighted by atomic mass is 10.2. The average molecular weight is 267 g/mol. The molecule has 0 aliphatic rings. The van der Waals surface area contributed by atoms with Gasteiger partial charge in [0, 0.05) is 6.92 Å². The van der Waals surface area contributed by atoms with Crippen molar-refractivity contribution in [2.24, 2.45) is 7.05 Å². The van der Waals surface area contributed by atoms with Gasteiger partial charge in [-0.15, -0.1) is 0 Å². The zero-order valence-electron chi connectivity index (χ0n) is 10.3. The Hall–Kier alpha value is -1.81. The minimum atomic E-state index is -0.296.